The molecule has 8 nitrogen and oxygen atoms in total. The number of alkyl halides is 6. The first-order valence-corrected chi connectivity index (χ1v) is 11.3. The van der Waals surface area contributed by atoms with Crippen LogP contribution in [-0.4, -0.2) is 55.0 Å². The number of rotatable bonds is 4. The molecule has 0 aliphatic carbocycles. The van der Waals surface area contributed by atoms with Crippen LogP contribution < -0.4 is 4.74 Å². The molecule has 0 aliphatic heterocycles. The maximum absolute atomic E-state index is 10.6. The van der Waals surface area contributed by atoms with Crippen LogP contribution in [0.4, 0.5) is 26.3 Å². The fourth-order valence-electron chi connectivity index (χ4n) is 3.12. The summed E-state index contributed by atoms with van der Waals surface area (Å²) >= 11 is 0. The molecule has 40 heavy (non-hydrogen) atoms. The Hall–Kier alpha value is -4.62. The number of imidazole rings is 1. The van der Waals surface area contributed by atoms with Gasteiger partial charge >= 0.3 is 24.3 Å². The van der Waals surface area contributed by atoms with Gasteiger partial charge in [0.1, 0.15) is 11.4 Å². The Morgan fingerprint density at radius 1 is 0.875 bits per heavy atom. The monoisotopic (exact) mass is 571 g/mol. The molecule has 0 spiro atoms. The van der Waals surface area contributed by atoms with Gasteiger partial charge < -0.3 is 14.9 Å². The number of nitrogens with zero attached hydrogens (tertiary/aromatic N) is 3. The lowest BCUT2D eigenvalue weighted by atomic mass is 10.1. The average molecular weight is 571 g/mol. The normalized spacial score (nSPS) is 11.2. The minimum atomic E-state index is -5.08. The van der Waals surface area contributed by atoms with Crippen LogP contribution in [0.25, 0.3) is 28.0 Å². The molecule has 214 valence electrons. The largest absolute Gasteiger partial charge is 0.491 e. The standard InChI is InChI=1S/C22H21N3O.2C2HF3O2/c1-15(2)26-19-6-4-17(5-7-19)18-9-11-25-21(14-24-22(25)12-18)20-8-10-23-13-16(20)3;2*3-2(4,5)1(6)7/h4-15H,1-3H3;2*(H,6,7). The Morgan fingerprint density at radius 2 is 1.43 bits per heavy atom. The predicted molar refractivity (Wildman–Crippen MR) is 132 cm³/mol. The molecule has 0 amide bonds. The highest BCUT2D eigenvalue weighted by Gasteiger charge is 2.38. The summed E-state index contributed by atoms with van der Waals surface area (Å²) in [6.07, 6.45) is -2.30. The summed E-state index contributed by atoms with van der Waals surface area (Å²) in [5.41, 5.74) is 6.57. The van der Waals surface area contributed by atoms with E-state index in [1.807, 2.05) is 50.6 Å². The summed E-state index contributed by atoms with van der Waals surface area (Å²) < 4.78 is 71.3. The SMILES string of the molecule is Cc1cnccc1-c1cnc2cc(-c3ccc(OC(C)C)cc3)ccn12.O=C(O)C(F)(F)F.O=C(O)C(F)(F)F. The van der Waals surface area contributed by atoms with E-state index in [0.29, 0.717) is 0 Å². The van der Waals surface area contributed by atoms with Crippen molar-refractivity contribution in [3.05, 3.63) is 72.8 Å². The van der Waals surface area contributed by atoms with E-state index in [0.717, 1.165) is 39.3 Å². The smallest absolute Gasteiger partial charge is 0.490 e. The van der Waals surface area contributed by atoms with Crippen LogP contribution in [0.5, 0.6) is 5.75 Å². The number of ether oxygens (including phenoxy) is 1. The third kappa shape index (κ3) is 8.99. The van der Waals surface area contributed by atoms with Gasteiger partial charge in [0.05, 0.1) is 18.0 Å². The molecule has 0 aliphatic rings. The van der Waals surface area contributed by atoms with Crippen molar-refractivity contribution in [3.63, 3.8) is 0 Å². The molecule has 0 radical (unpaired) electrons. The number of carboxylic acids is 2. The molecule has 4 aromatic rings. The number of pyridine rings is 2. The van der Waals surface area contributed by atoms with Gasteiger partial charge in [0.15, 0.2) is 0 Å². The summed E-state index contributed by atoms with van der Waals surface area (Å²) in [4.78, 5) is 26.6. The Bertz CT molecular complexity index is 1420. The first-order chi connectivity index (χ1) is 18.5. The van der Waals surface area contributed by atoms with Gasteiger partial charge in [-0.25, -0.2) is 14.6 Å². The van der Waals surface area contributed by atoms with Gasteiger partial charge in [-0.15, -0.1) is 0 Å². The minimum absolute atomic E-state index is 0.178. The van der Waals surface area contributed by atoms with Crippen LogP contribution in [-0.2, 0) is 9.59 Å². The number of aryl methyl sites for hydroxylation is 1. The van der Waals surface area contributed by atoms with Crippen molar-refractivity contribution in [1.29, 1.82) is 0 Å². The van der Waals surface area contributed by atoms with Crippen molar-refractivity contribution in [2.75, 3.05) is 0 Å². The highest BCUT2D eigenvalue weighted by atomic mass is 19.4. The van der Waals surface area contributed by atoms with E-state index in [1.54, 1.807) is 0 Å². The fourth-order valence-corrected chi connectivity index (χ4v) is 3.12. The van der Waals surface area contributed by atoms with Crippen molar-refractivity contribution < 1.29 is 50.9 Å². The Kier molecular flexibility index (Phi) is 10.2. The lowest BCUT2D eigenvalue weighted by Gasteiger charge is -2.10. The number of aliphatic carboxylic acids is 2. The van der Waals surface area contributed by atoms with Crippen molar-refractivity contribution in [1.82, 2.24) is 14.4 Å². The van der Waals surface area contributed by atoms with Crippen LogP contribution in [0.3, 0.4) is 0 Å². The zero-order valence-electron chi connectivity index (χ0n) is 21.2. The quantitative estimate of drug-likeness (QED) is 0.272. The number of carbonyl (C=O) groups is 2. The van der Waals surface area contributed by atoms with Crippen LogP contribution in [0, 0.1) is 6.92 Å². The van der Waals surface area contributed by atoms with Crippen molar-refractivity contribution >= 4 is 17.6 Å². The van der Waals surface area contributed by atoms with E-state index in [2.05, 4.69) is 51.8 Å². The molecule has 3 heterocycles. The molecule has 2 N–H and O–H groups in total. The molecule has 0 saturated carbocycles. The van der Waals surface area contributed by atoms with Crippen LogP contribution in [0.1, 0.15) is 19.4 Å². The maximum atomic E-state index is 10.6. The van der Waals surface area contributed by atoms with Crippen LogP contribution in [0.2, 0.25) is 0 Å². The Labute approximate surface area is 223 Å². The Morgan fingerprint density at radius 3 is 1.90 bits per heavy atom. The van der Waals surface area contributed by atoms with E-state index in [9.17, 15) is 26.3 Å². The van der Waals surface area contributed by atoms with Gasteiger partial charge in [0.2, 0.25) is 0 Å². The third-order valence-corrected chi connectivity index (χ3v) is 4.85. The minimum Gasteiger partial charge on any atom is -0.491 e. The van der Waals surface area contributed by atoms with E-state index < -0.39 is 24.3 Å². The first-order valence-electron chi connectivity index (χ1n) is 11.3. The molecule has 4 rings (SSSR count). The second-order valence-corrected chi connectivity index (χ2v) is 8.27. The van der Waals surface area contributed by atoms with E-state index in [1.165, 1.54) is 0 Å². The van der Waals surface area contributed by atoms with Crippen molar-refractivity contribution in [2.24, 2.45) is 0 Å². The molecule has 0 atom stereocenters. The average Bonchev–Trinajstić information content (AvgIpc) is 3.27. The van der Waals surface area contributed by atoms with Crippen LogP contribution >= 0.6 is 0 Å². The fraction of sp³-hybridized carbons (Fsp3) is 0.231. The second-order valence-electron chi connectivity index (χ2n) is 8.27. The number of benzene rings is 1. The highest BCUT2D eigenvalue weighted by molar-refractivity contribution is 5.73. The second kappa shape index (κ2) is 13.0. The van der Waals surface area contributed by atoms with Crippen molar-refractivity contribution in [2.45, 2.75) is 39.2 Å². The van der Waals surface area contributed by atoms with E-state index in [4.69, 9.17) is 24.5 Å². The zero-order valence-corrected chi connectivity index (χ0v) is 21.2. The molecule has 1 aromatic carbocycles. The molecular weight excluding hydrogens is 548 g/mol. The summed E-state index contributed by atoms with van der Waals surface area (Å²) in [5, 5.41) is 14.2. The molecule has 14 heteroatoms. The number of carboxylic acid groups (broad SMARTS) is 2. The van der Waals surface area contributed by atoms with Crippen molar-refractivity contribution in [3.8, 4) is 28.1 Å². The predicted octanol–water partition coefficient (Wildman–Crippen LogP) is 6.43. The molecule has 0 saturated heterocycles. The Balaban J connectivity index is 0.000000333. The van der Waals surface area contributed by atoms with Gasteiger partial charge in [-0.3, -0.25) is 9.38 Å². The van der Waals surface area contributed by atoms with Gasteiger partial charge in [0.25, 0.3) is 0 Å². The number of fused-ring (bicyclic) bond motifs is 1. The maximum Gasteiger partial charge on any atom is 0.490 e. The summed E-state index contributed by atoms with van der Waals surface area (Å²) in [5.74, 6) is -4.62. The lowest BCUT2D eigenvalue weighted by molar-refractivity contribution is -0.193. The molecule has 0 unspecified atom stereocenters. The van der Waals surface area contributed by atoms with Gasteiger partial charge in [0, 0.05) is 24.2 Å². The van der Waals surface area contributed by atoms with Gasteiger partial charge in [-0.1, -0.05) is 12.1 Å². The topological polar surface area (TPSA) is 114 Å². The molecule has 3 aromatic heterocycles. The van der Waals surface area contributed by atoms with E-state index in [-0.39, 0.29) is 6.10 Å². The number of aromatic nitrogens is 3. The number of hydrogen-bond acceptors (Lipinski definition) is 5. The highest BCUT2D eigenvalue weighted by Crippen LogP contribution is 2.28. The van der Waals surface area contributed by atoms with Crippen LogP contribution in [0.15, 0.2) is 67.3 Å². The lowest BCUT2D eigenvalue weighted by Crippen LogP contribution is -2.21. The summed E-state index contributed by atoms with van der Waals surface area (Å²) in [7, 11) is 0. The molecule has 0 fully saturated rings. The number of halogens is 6. The molecular formula is C26H23F6N3O5. The van der Waals surface area contributed by atoms with Gasteiger partial charge in [-0.05, 0) is 67.8 Å². The summed E-state index contributed by atoms with van der Waals surface area (Å²) in [6.45, 7) is 6.13. The zero-order chi connectivity index (χ0) is 30.3. The molecule has 0 bridgehead atoms. The first kappa shape index (κ1) is 31.6. The summed E-state index contributed by atoms with van der Waals surface area (Å²) in [6, 6.07) is 14.4. The van der Waals surface area contributed by atoms with Gasteiger partial charge in [-0.2, -0.15) is 26.3 Å². The van der Waals surface area contributed by atoms with E-state index >= 15 is 0 Å². The third-order valence-electron chi connectivity index (χ3n) is 4.85. The number of hydrogen-bond donors (Lipinski definition) is 2.